The molecule has 186 valence electrons. The smallest absolute Gasteiger partial charge is 0.353 e. The summed E-state index contributed by atoms with van der Waals surface area (Å²) in [5, 5.41) is 9.55. The predicted octanol–water partition coefficient (Wildman–Crippen LogP) is 1.95. The second kappa shape index (κ2) is 11.3. The Morgan fingerprint density at radius 2 is 1.91 bits per heavy atom. The van der Waals surface area contributed by atoms with Gasteiger partial charge in [-0.2, -0.15) is 13.2 Å². The number of carbonyl (C=O) groups excluding carboxylic acids is 5. The zero-order chi connectivity index (χ0) is 25.6. The van der Waals surface area contributed by atoms with E-state index in [0.29, 0.717) is 6.42 Å². The van der Waals surface area contributed by atoms with E-state index in [-0.39, 0.29) is 34.6 Å². The van der Waals surface area contributed by atoms with Crippen LogP contribution in [-0.2, 0) is 19.2 Å². The summed E-state index contributed by atoms with van der Waals surface area (Å²) in [7, 11) is 1.23. The van der Waals surface area contributed by atoms with Gasteiger partial charge in [0.2, 0.25) is 17.6 Å². The Balaban J connectivity index is 2.24. The average molecular weight is 505 g/mol. The topological polar surface area (TPSA) is 133 Å². The molecular weight excluding hydrogens is 481 g/mol. The normalized spacial score (nSPS) is 18.6. The summed E-state index contributed by atoms with van der Waals surface area (Å²) in [6, 6.07) is 2.18. The zero-order valence-corrected chi connectivity index (χ0v) is 19.1. The number of hydrogen-bond donors (Lipinski definition) is 4. The summed E-state index contributed by atoms with van der Waals surface area (Å²) >= 11 is 5.94. The van der Waals surface area contributed by atoms with Crippen molar-refractivity contribution in [2.75, 3.05) is 12.4 Å². The van der Waals surface area contributed by atoms with Gasteiger partial charge in [0.15, 0.2) is 0 Å². The molecule has 1 aromatic rings. The maximum absolute atomic E-state index is 13.0. The van der Waals surface area contributed by atoms with Crippen LogP contribution in [0.2, 0.25) is 5.02 Å². The number of hydrogen-bond acceptors (Lipinski definition) is 5. The number of rotatable bonds is 9. The van der Waals surface area contributed by atoms with Crippen molar-refractivity contribution in [1.29, 1.82) is 0 Å². The van der Waals surface area contributed by atoms with Crippen LogP contribution in [0.15, 0.2) is 18.2 Å². The van der Waals surface area contributed by atoms with Crippen LogP contribution in [0.1, 0.15) is 43.0 Å². The van der Waals surface area contributed by atoms with Crippen LogP contribution in [0.4, 0.5) is 18.9 Å². The highest BCUT2D eigenvalue weighted by Gasteiger charge is 2.36. The third kappa shape index (κ3) is 7.72. The number of benzene rings is 1. The van der Waals surface area contributed by atoms with Gasteiger partial charge in [0.05, 0.1) is 23.7 Å². The van der Waals surface area contributed by atoms with E-state index >= 15 is 0 Å². The molecule has 1 aromatic carbocycles. The highest BCUT2D eigenvalue weighted by molar-refractivity contribution is 6.38. The molecule has 4 N–H and O–H groups in total. The minimum absolute atomic E-state index is 0.0802. The molecule has 0 aromatic heterocycles. The van der Waals surface area contributed by atoms with Gasteiger partial charge in [-0.25, -0.2) is 0 Å². The zero-order valence-electron chi connectivity index (χ0n) is 18.3. The summed E-state index contributed by atoms with van der Waals surface area (Å²) < 4.78 is 37.2. The average Bonchev–Trinajstić information content (AvgIpc) is 3.07. The first-order chi connectivity index (χ1) is 15.8. The maximum atomic E-state index is 13.0. The molecule has 0 unspecified atom stereocenters. The molecule has 0 saturated carbocycles. The van der Waals surface area contributed by atoms with Gasteiger partial charge in [-0.3, -0.25) is 24.0 Å². The van der Waals surface area contributed by atoms with Crippen LogP contribution in [0.5, 0.6) is 0 Å². The van der Waals surface area contributed by atoms with Crippen molar-refractivity contribution in [3.05, 3.63) is 28.8 Å². The van der Waals surface area contributed by atoms with Crippen LogP contribution in [0.25, 0.3) is 0 Å². The molecular formula is C21H24ClF3N4O5. The molecule has 0 bridgehead atoms. The number of Topliss-reactive ketones (excluding diaryl/α,β-unsaturated/α-hetero) is 1. The van der Waals surface area contributed by atoms with Gasteiger partial charge in [-0.1, -0.05) is 11.6 Å². The number of carbonyl (C=O) groups is 5. The molecule has 0 aliphatic carbocycles. The lowest BCUT2D eigenvalue weighted by Gasteiger charge is -2.20. The van der Waals surface area contributed by atoms with Gasteiger partial charge in [0.25, 0.3) is 11.8 Å². The third-order valence-electron chi connectivity index (χ3n) is 5.13. The highest BCUT2D eigenvalue weighted by atomic mass is 35.5. The lowest BCUT2D eigenvalue weighted by atomic mass is 9.93. The SMILES string of the molecule is CNC(=O)C(=O)[C@H](C[C@@H]1C[C@@H](C)NC1=O)NC(=O)c1cc(Cl)ccc1NC(=O)CCC(F)(F)F. The summed E-state index contributed by atoms with van der Waals surface area (Å²) in [6.07, 6.45) is -6.50. The lowest BCUT2D eigenvalue weighted by molar-refractivity contribution is -0.142. The van der Waals surface area contributed by atoms with Crippen LogP contribution in [0.3, 0.4) is 0 Å². The van der Waals surface area contributed by atoms with Crippen molar-refractivity contribution >= 4 is 46.7 Å². The van der Waals surface area contributed by atoms with Crippen molar-refractivity contribution in [2.45, 2.75) is 50.9 Å². The molecule has 0 radical (unpaired) electrons. The van der Waals surface area contributed by atoms with E-state index in [1.54, 1.807) is 6.92 Å². The van der Waals surface area contributed by atoms with E-state index in [1.807, 2.05) is 0 Å². The van der Waals surface area contributed by atoms with Crippen LogP contribution < -0.4 is 21.3 Å². The minimum atomic E-state index is -4.53. The lowest BCUT2D eigenvalue weighted by Crippen LogP contribution is -2.48. The molecule has 1 saturated heterocycles. The van der Waals surface area contributed by atoms with Gasteiger partial charge < -0.3 is 21.3 Å². The Bertz CT molecular complexity index is 986. The second-order valence-corrected chi connectivity index (χ2v) is 8.34. The summed E-state index contributed by atoms with van der Waals surface area (Å²) in [5.74, 6) is -4.82. The van der Waals surface area contributed by atoms with Gasteiger partial charge in [-0.15, -0.1) is 0 Å². The molecule has 2 rings (SSSR count). The number of amides is 4. The summed E-state index contributed by atoms with van der Waals surface area (Å²) in [4.78, 5) is 61.5. The molecule has 1 heterocycles. The number of anilines is 1. The molecule has 1 fully saturated rings. The number of nitrogens with one attached hydrogen (secondary N) is 4. The highest BCUT2D eigenvalue weighted by Crippen LogP contribution is 2.25. The molecule has 13 heteroatoms. The van der Waals surface area contributed by atoms with Crippen LogP contribution in [-0.4, -0.2) is 54.7 Å². The Morgan fingerprint density at radius 1 is 1.24 bits per heavy atom. The molecule has 3 atom stereocenters. The van der Waals surface area contributed by atoms with Gasteiger partial charge in [-0.05, 0) is 38.0 Å². The Kier molecular flexibility index (Phi) is 9.02. The molecule has 1 aliphatic heterocycles. The van der Waals surface area contributed by atoms with Gasteiger partial charge in [0.1, 0.15) is 0 Å². The molecule has 4 amide bonds. The van der Waals surface area contributed by atoms with Crippen molar-refractivity contribution in [2.24, 2.45) is 5.92 Å². The fourth-order valence-electron chi connectivity index (χ4n) is 3.47. The minimum Gasteiger partial charge on any atom is -0.353 e. The fourth-order valence-corrected chi connectivity index (χ4v) is 3.64. The third-order valence-corrected chi connectivity index (χ3v) is 5.36. The predicted molar refractivity (Wildman–Crippen MR) is 116 cm³/mol. The quantitative estimate of drug-likeness (QED) is 0.381. The molecule has 0 spiro atoms. The number of halogens is 4. The Hall–Kier alpha value is -3.15. The molecule has 1 aliphatic rings. The first kappa shape index (κ1) is 27.1. The molecule has 34 heavy (non-hydrogen) atoms. The van der Waals surface area contributed by atoms with E-state index in [9.17, 15) is 37.1 Å². The number of alkyl halides is 3. The van der Waals surface area contributed by atoms with Crippen LogP contribution >= 0.6 is 11.6 Å². The van der Waals surface area contributed by atoms with Crippen molar-refractivity contribution in [3.8, 4) is 0 Å². The van der Waals surface area contributed by atoms with Crippen molar-refractivity contribution < 1.29 is 37.1 Å². The Morgan fingerprint density at radius 3 is 2.47 bits per heavy atom. The molecule has 9 nitrogen and oxygen atoms in total. The van der Waals surface area contributed by atoms with Gasteiger partial charge in [0, 0.05) is 30.5 Å². The van der Waals surface area contributed by atoms with E-state index in [2.05, 4.69) is 21.3 Å². The number of ketones is 1. The summed E-state index contributed by atoms with van der Waals surface area (Å²) in [6.45, 7) is 1.77. The van der Waals surface area contributed by atoms with E-state index < -0.39 is 54.5 Å². The number of likely N-dealkylation sites (N-methyl/N-ethyl adjacent to an activating group) is 1. The van der Waals surface area contributed by atoms with E-state index in [1.165, 1.54) is 19.2 Å². The monoisotopic (exact) mass is 504 g/mol. The van der Waals surface area contributed by atoms with Crippen molar-refractivity contribution in [3.63, 3.8) is 0 Å². The van der Waals surface area contributed by atoms with Gasteiger partial charge >= 0.3 is 6.18 Å². The maximum Gasteiger partial charge on any atom is 0.389 e. The van der Waals surface area contributed by atoms with Crippen LogP contribution in [0, 0.1) is 5.92 Å². The fraction of sp³-hybridized carbons (Fsp3) is 0.476. The van der Waals surface area contributed by atoms with Crippen molar-refractivity contribution in [1.82, 2.24) is 16.0 Å². The first-order valence-corrected chi connectivity index (χ1v) is 10.7. The standard InChI is InChI=1S/C21H24ClF3N4O5/c1-10-7-11(18(32)27-10)8-15(17(31)20(34)26-2)29-19(33)13-9-12(22)3-4-14(13)28-16(30)5-6-21(23,24)25/h3-4,9-11,15H,5-8H2,1-2H3,(H,26,34)(H,27,32)(H,28,30)(H,29,33)/t10-,11+,15+/m1/s1. The van der Waals surface area contributed by atoms with E-state index in [0.717, 1.165) is 6.07 Å². The first-order valence-electron chi connectivity index (χ1n) is 10.3. The second-order valence-electron chi connectivity index (χ2n) is 7.90. The van der Waals surface area contributed by atoms with E-state index in [4.69, 9.17) is 11.6 Å². The summed E-state index contributed by atoms with van der Waals surface area (Å²) in [5.41, 5.74) is -0.362. The largest absolute Gasteiger partial charge is 0.389 e. The Labute approximate surface area is 198 Å².